The second-order valence-electron chi connectivity index (χ2n) is 4.64. The fourth-order valence-electron chi connectivity index (χ4n) is 2.18. The number of nitrogens with zero attached hydrogens (tertiary/aromatic N) is 3. The molecule has 0 radical (unpaired) electrons. The van der Waals surface area contributed by atoms with Crippen LogP contribution in [-0.2, 0) is 0 Å². The first-order valence-corrected chi connectivity index (χ1v) is 6.43. The van der Waals surface area contributed by atoms with Crippen LogP contribution in [0, 0.1) is 0 Å². The molecule has 1 aromatic heterocycles. The lowest BCUT2D eigenvalue weighted by Gasteiger charge is -2.11. The third kappa shape index (κ3) is 2.36. The quantitative estimate of drug-likeness (QED) is 0.772. The van der Waals surface area contributed by atoms with Crippen LogP contribution in [0.15, 0.2) is 18.2 Å². The lowest BCUT2D eigenvalue weighted by atomic mass is 10.2. The van der Waals surface area contributed by atoms with E-state index in [1.54, 1.807) is 12.1 Å². The highest BCUT2D eigenvalue weighted by Gasteiger charge is 2.22. The first-order chi connectivity index (χ1) is 9.13. The Bertz CT molecular complexity index is 600. The predicted molar refractivity (Wildman–Crippen MR) is 73.3 cm³/mol. The van der Waals surface area contributed by atoms with E-state index in [1.165, 1.54) is 6.07 Å². The van der Waals surface area contributed by atoms with E-state index in [1.807, 2.05) is 4.90 Å². The molecule has 1 atom stereocenters. The number of halogens is 1. The Balaban J connectivity index is 1.90. The molecule has 2 heterocycles. The highest BCUT2D eigenvalue weighted by atomic mass is 35.5. The summed E-state index contributed by atoms with van der Waals surface area (Å²) in [5.74, 6) is 1.29. The number of anilines is 1. The molecule has 2 aromatic rings. The lowest BCUT2D eigenvalue weighted by molar-refractivity contribution is 0.475. The molecule has 1 saturated heterocycles. The van der Waals surface area contributed by atoms with Crippen molar-refractivity contribution in [1.82, 2.24) is 15.2 Å². The molecule has 1 aromatic carbocycles. The molecule has 0 aliphatic carbocycles. The molecular weight excluding hydrogens is 266 g/mol. The van der Waals surface area contributed by atoms with Crippen molar-refractivity contribution in [3.05, 3.63) is 23.2 Å². The highest BCUT2D eigenvalue weighted by molar-refractivity contribution is 6.33. The standard InChI is InChI=1S/C12H14ClN5O/c13-10-2-1-8(19)5-9(10)11-15-12(17-16-11)18-4-3-7(14)6-18/h1-2,5,7,19H,3-4,6,14H2,(H,15,16,17). The molecular formula is C12H14ClN5O. The maximum Gasteiger partial charge on any atom is 0.245 e. The van der Waals surface area contributed by atoms with Crippen LogP contribution >= 0.6 is 11.6 Å². The third-order valence-electron chi connectivity index (χ3n) is 3.19. The van der Waals surface area contributed by atoms with Crippen molar-refractivity contribution in [2.45, 2.75) is 12.5 Å². The van der Waals surface area contributed by atoms with E-state index in [4.69, 9.17) is 17.3 Å². The minimum absolute atomic E-state index is 0.139. The number of phenolic OH excluding ortho intramolecular Hbond substituents is 1. The first-order valence-electron chi connectivity index (χ1n) is 6.05. The van der Waals surface area contributed by atoms with Gasteiger partial charge in [0.1, 0.15) is 5.75 Å². The Morgan fingerprint density at radius 2 is 2.32 bits per heavy atom. The van der Waals surface area contributed by atoms with Crippen LogP contribution in [0.4, 0.5) is 5.95 Å². The largest absolute Gasteiger partial charge is 0.508 e. The van der Waals surface area contributed by atoms with Gasteiger partial charge >= 0.3 is 0 Å². The van der Waals surface area contributed by atoms with Crippen LogP contribution in [0.3, 0.4) is 0 Å². The number of phenols is 1. The summed E-state index contributed by atoms with van der Waals surface area (Å²) in [5.41, 5.74) is 6.49. The molecule has 100 valence electrons. The van der Waals surface area contributed by atoms with E-state index in [9.17, 15) is 5.11 Å². The number of nitrogens with one attached hydrogen (secondary N) is 1. The molecule has 6 nitrogen and oxygen atoms in total. The summed E-state index contributed by atoms with van der Waals surface area (Å²) in [7, 11) is 0. The molecule has 0 amide bonds. The number of hydrogen-bond acceptors (Lipinski definition) is 5. The molecule has 4 N–H and O–H groups in total. The Hall–Kier alpha value is -1.79. The summed E-state index contributed by atoms with van der Waals surface area (Å²) in [6.07, 6.45) is 0.941. The summed E-state index contributed by atoms with van der Waals surface area (Å²) in [5, 5.41) is 17.0. The van der Waals surface area contributed by atoms with E-state index < -0.39 is 0 Å². The molecule has 7 heteroatoms. The van der Waals surface area contributed by atoms with Crippen molar-refractivity contribution in [1.29, 1.82) is 0 Å². The van der Waals surface area contributed by atoms with Gasteiger partial charge in [-0.1, -0.05) is 11.6 Å². The summed E-state index contributed by atoms with van der Waals surface area (Å²) in [4.78, 5) is 6.44. The van der Waals surface area contributed by atoms with Crippen molar-refractivity contribution < 1.29 is 5.11 Å². The van der Waals surface area contributed by atoms with E-state index in [0.717, 1.165) is 19.5 Å². The number of benzene rings is 1. The molecule has 1 aliphatic rings. The summed E-state index contributed by atoms with van der Waals surface area (Å²) < 4.78 is 0. The van der Waals surface area contributed by atoms with E-state index in [0.29, 0.717) is 22.4 Å². The van der Waals surface area contributed by atoms with Gasteiger partial charge in [-0.15, -0.1) is 5.10 Å². The van der Waals surface area contributed by atoms with Crippen molar-refractivity contribution in [2.24, 2.45) is 5.73 Å². The van der Waals surface area contributed by atoms with Gasteiger partial charge in [0, 0.05) is 24.7 Å². The Morgan fingerprint density at radius 1 is 1.47 bits per heavy atom. The van der Waals surface area contributed by atoms with Gasteiger partial charge in [0.25, 0.3) is 0 Å². The van der Waals surface area contributed by atoms with Crippen molar-refractivity contribution in [3.8, 4) is 17.1 Å². The molecule has 1 unspecified atom stereocenters. The van der Waals surface area contributed by atoms with Gasteiger partial charge < -0.3 is 15.7 Å². The SMILES string of the molecule is NC1CCN(c2n[nH]c(-c3cc(O)ccc3Cl)n2)C1. The van der Waals surface area contributed by atoms with Crippen molar-refractivity contribution in [2.75, 3.05) is 18.0 Å². The fourth-order valence-corrected chi connectivity index (χ4v) is 2.39. The molecule has 1 fully saturated rings. The highest BCUT2D eigenvalue weighted by Crippen LogP contribution is 2.29. The zero-order valence-corrected chi connectivity index (χ0v) is 10.9. The minimum Gasteiger partial charge on any atom is -0.508 e. The number of aromatic hydroxyl groups is 1. The van der Waals surface area contributed by atoms with Crippen LogP contribution in [0.25, 0.3) is 11.4 Å². The molecule has 0 saturated carbocycles. The minimum atomic E-state index is 0.139. The van der Waals surface area contributed by atoms with Gasteiger partial charge in [-0.2, -0.15) is 4.98 Å². The second-order valence-corrected chi connectivity index (χ2v) is 5.05. The van der Waals surface area contributed by atoms with Gasteiger partial charge in [-0.3, -0.25) is 5.10 Å². The number of H-pyrrole nitrogens is 1. The maximum absolute atomic E-state index is 9.50. The molecule has 0 bridgehead atoms. The van der Waals surface area contributed by atoms with Gasteiger partial charge in [0.15, 0.2) is 5.82 Å². The normalized spacial score (nSPS) is 19.1. The average Bonchev–Trinajstić information content (AvgIpc) is 3.00. The fraction of sp³-hybridized carbons (Fsp3) is 0.333. The van der Waals surface area contributed by atoms with Crippen LogP contribution in [0.5, 0.6) is 5.75 Å². The first kappa shape index (κ1) is 12.3. The Kier molecular flexibility index (Phi) is 3.04. The van der Waals surface area contributed by atoms with Gasteiger partial charge in [0.2, 0.25) is 5.95 Å². The molecule has 0 spiro atoms. The van der Waals surface area contributed by atoms with Crippen LogP contribution < -0.4 is 10.6 Å². The summed E-state index contributed by atoms with van der Waals surface area (Å²) in [6.45, 7) is 1.61. The molecule has 1 aliphatic heterocycles. The van der Waals surface area contributed by atoms with Crippen LogP contribution in [-0.4, -0.2) is 39.4 Å². The number of aromatic amines is 1. The monoisotopic (exact) mass is 279 g/mol. The number of hydrogen-bond donors (Lipinski definition) is 3. The second kappa shape index (κ2) is 4.71. The third-order valence-corrected chi connectivity index (χ3v) is 3.52. The van der Waals surface area contributed by atoms with Gasteiger partial charge in [-0.05, 0) is 24.6 Å². The number of nitrogens with two attached hydrogens (primary N) is 1. The van der Waals surface area contributed by atoms with Gasteiger partial charge in [-0.25, -0.2) is 0 Å². The average molecular weight is 280 g/mol. The van der Waals surface area contributed by atoms with E-state index >= 15 is 0 Å². The summed E-state index contributed by atoms with van der Waals surface area (Å²) in [6, 6.07) is 4.89. The summed E-state index contributed by atoms with van der Waals surface area (Å²) >= 11 is 6.09. The predicted octanol–water partition coefficient (Wildman–Crippen LogP) is 1.37. The zero-order chi connectivity index (χ0) is 13.4. The Morgan fingerprint density at radius 3 is 3.05 bits per heavy atom. The van der Waals surface area contributed by atoms with E-state index in [2.05, 4.69) is 15.2 Å². The van der Waals surface area contributed by atoms with Gasteiger partial charge in [0.05, 0.1) is 5.02 Å². The molecule has 3 rings (SSSR count). The Labute approximate surface area is 115 Å². The number of aromatic nitrogens is 3. The molecule has 19 heavy (non-hydrogen) atoms. The zero-order valence-electron chi connectivity index (χ0n) is 10.2. The maximum atomic E-state index is 9.50. The van der Waals surface area contributed by atoms with Crippen molar-refractivity contribution >= 4 is 17.5 Å². The smallest absolute Gasteiger partial charge is 0.245 e. The van der Waals surface area contributed by atoms with Crippen LogP contribution in [0.1, 0.15) is 6.42 Å². The van der Waals surface area contributed by atoms with Crippen LogP contribution in [0.2, 0.25) is 5.02 Å². The number of rotatable bonds is 2. The lowest BCUT2D eigenvalue weighted by Crippen LogP contribution is -2.26. The topological polar surface area (TPSA) is 91.1 Å². The van der Waals surface area contributed by atoms with E-state index in [-0.39, 0.29) is 11.8 Å². The van der Waals surface area contributed by atoms with Crippen molar-refractivity contribution in [3.63, 3.8) is 0 Å².